The molecular formula is C15H25NO. The van der Waals surface area contributed by atoms with Crippen molar-refractivity contribution >= 4 is 0 Å². The third-order valence-electron chi connectivity index (χ3n) is 3.11. The number of ether oxygens (including phenoxy) is 1. The Morgan fingerprint density at radius 2 is 2.06 bits per heavy atom. The summed E-state index contributed by atoms with van der Waals surface area (Å²) >= 11 is 0. The first-order valence-electron chi connectivity index (χ1n) is 6.54. The van der Waals surface area contributed by atoms with Gasteiger partial charge in [-0.3, -0.25) is 0 Å². The summed E-state index contributed by atoms with van der Waals surface area (Å²) < 4.78 is 5.26. The van der Waals surface area contributed by atoms with Gasteiger partial charge in [0.2, 0.25) is 0 Å². The van der Waals surface area contributed by atoms with Gasteiger partial charge in [0.05, 0.1) is 7.11 Å². The second kappa shape index (κ2) is 7.33. The maximum atomic E-state index is 5.26. The zero-order valence-corrected chi connectivity index (χ0v) is 11.5. The van der Waals surface area contributed by atoms with Gasteiger partial charge in [0.1, 0.15) is 5.75 Å². The molecular weight excluding hydrogens is 210 g/mol. The monoisotopic (exact) mass is 235 g/mol. The Morgan fingerprint density at radius 3 is 2.71 bits per heavy atom. The van der Waals surface area contributed by atoms with E-state index in [0.717, 1.165) is 18.7 Å². The van der Waals surface area contributed by atoms with Crippen LogP contribution in [0, 0.1) is 0 Å². The summed E-state index contributed by atoms with van der Waals surface area (Å²) in [6, 6.07) is 8.94. The fraction of sp³-hybridized carbons (Fsp3) is 0.600. The van der Waals surface area contributed by atoms with E-state index in [9.17, 15) is 0 Å². The molecule has 0 fully saturated rings. The molecule has 0 aliphatic carbocycles. The van der Waals surface area contributed by atoms with Crippen molar-refractivity contribution in [1.82, 2.24) is 5.32 Å². The molecule has 2 heteroatoms. The van der Waals surface area contributed by atoms with Crippen LogP contribution in [0.1, 0.15) is 45.1 Å². The number of benzene rings is 1. The Hall–Kier alpha value is -1.02. The molecule has 0 bridgehead atoms. The van der Waals surface area contributed by atoms with Crippen LogP contribution >= 0.6 is 0 Å². The molecule has 0 spiro atoms. The van der Waals surface area contributed by atoms with Crippen LogP contribution in [0.3, 0.4) is 0 Å². The first-order valence-corrected chi connectivity index (χ1v) is 6.54. The highest BCUT2D eigenvalue weighted by molar-refractivity contribution is 5.30. The van der Waals surface area contributed by atoms with Crippen molar-refractivity contribution in [2.24, 2.45) is 0 Å². The standard InChI is InChI=1S/C15H25NO/c1-5-9-16-13(3)10-12(2)14-7-6-8-15(11-14)17-4/h6-8,11-13,16H,5,9-10H2,1-4H3. The van der Waals surface area contributed by atoms with Crippen LogP contribution in [0.25, 0.3) is 0 Å². The van der Waals surface area contributed by atoms with Gasteiger partial charge in [0.15, 0.2) is 0 Å². The van der Waals surface area contributed by atoms with Gasteiger partial charge in [-0.25, -0.2) is 0 Å². The van der Waals surface area contributed by atoms with Gasteiger partial charge in [0, 0.05) is 6.04 Å². The summed E-state index contributed by atoms with van der Waals surface area (Å²) in [6.45, 7) is 7.84. The number of hydrogen-bond acceptors (Lipinski definition) is 2. The van der Waals surface area contributed by atoms with Crippen molar-refractivity contribution in [3.05, 3.63) is 29.8 Å². The Morgan fingerprint density at radius 1 is 1.29 bits per heavy atom. The van der Waals surface area contributed by atoms with Gasteiger partial charge >= 0.3 is 0 Å². The van der Waals surface area contributed by atoms with Crippen LogP contribution in [0.5, 0.6) is 5.75 Å². The van der Waals surface area contributed by atoms with Crippen LogP contribution in [0.4, 0.5) is 0 Å². The molecule has 17 heavy (non-hydrogen) atoms. The van der Waals surface area contributed by atoms with Gasteiger partial charge in [0.25, 0.3) is 0 Å². The molecule has 0 heterocycles. The predicted molar refractivity (Wildman–Crippen MR) is 73.8 cm³/mol. The molecule has 96 valence electrons. The molecule has 0 saturated carbocycles. The molecule has 2 nitrogen and oxygen atoms in total. The largest absolute Gasteiger partial charge is 0.497 e. The third-order valence-corrected chi connectivity index (χ3v) is 3.11. The van der Waals surface area contributed by atoms with Crippen molar-refractivity contribution in [2.75, 3.05) is 13.7 Å². The maximum absolute atomic E-state index is 5.26. The van der Waals surface area contributed by atoms with E-state index < -0.39 is 0 Å². The minimum absolute atomic E-state index is 0.560. The highest BCUT2D eigenvalue weighted by Crippen LogP contribution is 2.24. The van der Waals surface area contributed by atoms with Gasteiger partial charge < -0.3 is 10.1 Å². The van der Waals surface area contributed by atoms with E-state index in [0.29, 0.717) is 12.0 Å². The van der Waals surface area contributed by atoms with Crippen molar-refractivity contribution in [3.63, 3.8) is 0 Å². The van der Waals surface area contributed by atoms with Gasteiger partial charge in [-0.2, -0.15) is 0 Å². The van der Waals surface area contributed by atoms with E-state index in [-0.39, 0.29) is 0 Å². The van der Waals surface area contributed by atoms with Crippen molar-refractivity contribution in [2.45, 2.75) is 45.6 Å². The van der Waals surface area contributed by atoms with Crippen molar-refractivity contribution in [3.8, 4) is 5.75 Å². The lowest BCUT2D eigenvalue weighted by Gasteiger charge is -2.19. The van der Waals surface area contributed by atoms with Crippen LogP contribution in [-0.2, 0) is 0 Å². The Balaban J connectivity index is 2.53. The molecule has 0 radical (unpaired) electrons. The summed E-state index contributed by atoms with van der Waals surface area (Å²) in [5, 5.41) is 3.53. The quantitative estimate of drug-likeness (QED) is 0.780. The van der Waals surface area contributed by atoms with E-state index in [1.54, 1.807) is 7.11 Å². The first kappa shape index (κ1) is 14.0. The van der Waals surface area contributed by atoms with Crippen LogP contribution in [0.2, 0.25) is 0 Å². The molecule has 0 aromatic heterocycles. The van der Waals surface area contributed by atoms with Crippen LogP contribution < -0.4 is 10.1 Å². The highest BCUT2D eigenvalue weighted by Gasteiger charge is 2.10. The lowest BCUT2D eigenvalue weighted by Crippen LogP contribution is -2.27. The molecule has 2 unspecified atom stereocenters. The molecule has 1 rings (SSSR count). The fourth-order valence-corrected chi connectivity index (χ4v) is 2.09. The van der Waals surface area contributed by atoms with E-state index in [1.807, 2.05) is 6.07 Å². The SMILES string of the molecule is CCCNC(C)CC(C)c1cccc(OC)c1. The molecule has 1 N–H and O–H groups in total. The maximum Gasteiger partial charge on any atom is 0.119 e. The van der Waals surface area contributed by atoms with Gasteiger partial charge in [-0.1, -0.05) is 26.0 Å². The van der Waals surface area contributed by atoms with E-state index in [1.165, 1.54) is 12.0 Å². The molecule has 0 aliphatic heterocycles. The second-order valence-electron chi connectivity index (χ2n) is 4.77. The summed E-state index contributed by atoms with van der Waals surface area (Å²) in [6.07, 6.45) is 2.35. The number of methoxy groups -OCH3 is 1. The zero-order valence-electron chi connectivity index (χ0n) is 11.5. The minimum atomic E-state index is 0.560. The minimum Gasteiger partial charge on any atom is -0.497 e. The van der Waals surface area contributed by atoms with Gasteiger partial charge in [-0.15, -0.1) is 0 Å². The van der Waals surface area contributed by atoms with Gasteiger partial charge in [-0.05, 0) is 49.9 Å². The summed E-state index contributed by atoms with van der Waals surface area (Å²) in [4.78, 5) is 0. The van der Waals surface area contributed by atoms with E-state index >= 15 is 0 Å². The highest BCUT2D eigenvalue weighted by atomic mass is 16.5. The topological polar surface area (TPSA) is 21.3 Å². The van der Waals surface area contributed by atoms with E-state index in [4.69, 9.17) is 4.74 Å². The lowest BCUT2D eigenvalue weighted by atomic mass is 9.94. The van der Waals surface area contributed by atoms with E-state index in [2.05, 4.69) is 44.3 Å². The van der Waals surface area contributed by atoms with Crippen molar-refractivity contribution < 1.29 is 4.74 Å². The van der Waals surface area contributed by atoms with Crippen LogP contribution in [-0.4, -0.2) is 19.7 Å². The first-order chi connectivity index (χ1) is 8.17. The van der Waals surface area contributed by atoms with Crippen LogP contribution in [0.15, 0.2) is 24.3 Å². The molecule has 0 aliphatic rings. The number of nitrogens with one attached hydrogen (secondary N) is 1. The average molecular weight is 235 g/mol. The summed E-state index contributed by atoms with van der Waals surface area (Å²) in [5.74, 6) is 1.51. The number of rotatable bonds is 7. The second-order valence-corrected chi connectivity index (χ2v) is 4.77. The lowest BCUT2D eigenvalue weighted by molar-refractivity contribution is 0.413. The fourth-order valence-electron chi connectivity index (χ4n) is 2.09. The molecule has 0 amide bonds. The zero-order chi connectivity index (χ0) is 12.7. The molecule has 1 aromatic rings. The predicted octanol–water partition coefficient (Wildman–Crippen LogP) is 3.58. The third kappa shape index (κ3) is 4.78. The smallest absolute Gasteiger partial charge is 0.119 e. The summed E-state index contributed by atoms with van der Waals surface area (Å²) in [5.41, 5.74) is 1.36. The molecule has 0 saturated heterocycles. The number of hydrogen-bond donors (Lipinski definition) is 1. The molecule has 2 atom stereocenters. The molecule has 1 aromatic carbocycles. The van der Waals surface area contributed by atoms with Crippen molar-refractivity contribution in [1.29, 1.82) is 0 Å². The normalized spacial score (nSPS) is 14.4. The Labute approximate surface area is 105 Å². The summed E-state index contributed by atoms with van der Waals surface area (Å²) in [7, 11) is 1.72. The Kier molecular flexibility index (Phi) is 6.06. The average Bonchev–Trinajstić information content (AvgIpc) is 2.36. The Bertz CT molecular complexity index is 324.